The van der Waals surface area contributed by atoms with Gasteiger partial charge in [0.25, 0.3) is 0 Å². The summed E-state index contributed by atoms with van der Waals surface area (Å²) in [4.78, 5) is 31.6. The van der Waals surface area contributed by atoms with Crippen molar-refractivity contribution in [2.75, 3.05) is 13.2 Å². The highest BCUT2D eigenvalue weighted by molar-refractivity contribution is 5.94. The molecule has 0 aliphatic rings. The molecule has 0 saturated heterocycles. The zero-order chi connectivity index (χ0) is 51.9. The topological polar surface area (TPSA) is 108 Å². The number of hydrogen-bond acceptors (Lipinski definition) is 9. The number of ether oxygens (including phenoxy) is 4. The van der Waals surface area contributed by atoms with Gasteiger partial charge < -0.3 is 18.9 Å². The highest BCUT2D eigenvalue weighted by atomic mass is 16.5. The predicted molar refractivity (Wildman–Crippen MR) is 305 cm³/mol. The summed E-state index contributed by atoms with van der Waals surface area (Å²) in [6.07, 6.45) is 38.3. The van der Waals surface area contributed by atoms with E-state index in [1.165, 1.54) is 160 Å². The zero-order valence-corrected chi connectivity index (χ0v) is 45.1. The molecule has 9 nitrogen and oxygen atoms in total. The average Bonchev–Trinajstić information content (AvgIpc) is 3.43. The molecule has 9 heteroatoms. The van der Waals surface area contributed by atoms with Crippen LogP contribution in [0.5, 0.6) is 23.0 Å². The second-order valence-electron chi connectivity index (χ2n) is 19.7. The van der Waals surface area contributed by atoms with Crippen LogP contribution in [0, 0.1) is 0 Å². The normalized spacial score (nSPS) is 11.4. The smallest absolute Gasteiger partial charge is 0.343 e. The Kier molecular flexibility index (Phi) is 29.9. The maximum absolute atomic E-state index is 13.6. The quantitative estimate of drug-likeness (QED) is 0.0127. The molecule has 0 aromatic heterocycles. The van der Waals surface area contributed by atoms with Gasteiger partial charge in [0.1, 0.15) is 23.0 Å². The van der Waals surface area contributed by atoms with E-state index in [0.29, 0.717) is 52.8 Å². The van der Waals surface area contributed by atoms with Crippen LogP contribution in [0.25, 0.3) is 0 Å². The van der Waals surface area contributed by atoms with Crippen LogP contribution in [-0.2, 0) is 0 Å². The number of aliphatic imine (C=N–C) groups is 1. The minimum atomic E-state index is -0.570. The van der Waals surface area contributed by atoms with Gasteiger partial charge in [0.2, 0.25) is 0 Å². The molecule has 0 N–H and O–H groups in total. The summed E-state index contributed by atoms with van der Waals surface area (Å²) in [6, 6.07) is 35.7. The van der Waals surface area contributed by atoms with Gasteiger partial charge >= 0.3 is 11.9 Å². The van der Waals surface area contributed by atoms with Crippen LogP contribution in [0.1, 0.15) is 220 Å². The van der Waals surface area contributed by atoms with E-state index in [1.54, 1.807) is 66.9 Å². The third-order valence-corrected chi connectivity index (χ3v) is 13.4. The first-order valence-corrected chi connectivity index (χ1v) is 28.7. The lowest BCUT2D eigenvalue weighted by Gasteiger charge is -2.11. The molecule has 5 rings (SSSR count). The largest absolute Gasteiger partial charge is 0.494 e. The van der Waals surface area contributed by atoms with E-state index >= 15 is 0 Å². The molecule has 0 unspecified atom stereocenters. The Morgan fingerprint density at radius 3 is 1.18 bits per heavy atom. The monoisotopic (exact) mass is 1010 g/mol. The number of azo groups is 1. The van der Waals surface area contributed by atoms with Crippen molar-refractivity contribution in [2.45, 2.75) is 194 Å². The number of carbonyl (C=O) groups is 2. The Morgan fingerprint density at radius 1 is 0.378 bits per heavy atom. The molecule has 0 saturated carbocycles. The van der Waals surface area contributed by atoms with Crippen LogP contribution in [0.2, 0.25) is 0 Å². The van der Waals surface area contributed by atoms with Crippen molar-refractivity contribution in [1.82, 2.24) is 0 Å². The van der Waals surface area contributed by atoms with Gasteiger partial charge in [-0.05, 0) is 110 Å². The zero-order valence-electron chi connectivity index (χ0n) is 45.1. The molecule has 0 fully saturated rings. The van der Waals surface area contributed by atoms with Crippen molar-refractivity contribution in [3.05, 3.63) is 138 Å². The lowest BCUT2D eigenvalue weighted by Crippen LogP contribution is -2.11. The number of hydrogen-bond donors (Lipinski definition) is 0. The van der Waals surface area contributed by atoms with Crippen molar-refractivity contribution in [3.63, 3.8) is 0 Å². The van der Waals surface area contributed by atoms with E-state index in [-0.39, 0.29) is 11.5 Å². The van der Waals surface area contributed by atoms with Crippen LogP contribution in [-0.4, -0.2) is 31.4 Å². The molecule has 74 heavy (non-hydrogen) atoms. The molecular weight excluding hydrogens is 919 g/mol. The molecule has 5 aromatic rings. The second kappa shape index (κ2) is 37.6. The Hall–Kier alpha value is -6.09. The summed E-state index contributed by atoms with van der Waals surface area (Å²) in [5, 5.41) is 8.61. The Labute approximate surface area is 445 Å². The van der Waals surface area contributed by atoms with Crippen LogP contribution in [0.3, 0.4) is 0 Å². The highest BCUT2D eigenvalue weighted by Gasteiger charge is 2.16. The van der Waals surface area contributed by atoms with Gasteiger partial charge in [-0.2, -0.15) is 10.2 Å². The van der Waals surface area contributed by atoms with Crippen molar-refractivity contribution >= 4 is 35.2 Å². The summed E-state index contributed by atoms with van der Waals surface area (Å²) in [5.74, 6) is 0.701. The summed E-state index contributed by atoms with van der Waals surface area (Å²) in [7, 11) is 0. The van der Waals surface area contributed by atoms with Crippen LogP contribution in [0.4, 0.5) is 17.1 Å². The summed E-state index contributed by atoms with van der Waals surface area (Å²) in [6.45, 7) is 5.82. The van der Waals surface area contributed by atoms with Crippen molar-refractivity contribution in [1.29, 1.82) is 0 Å². The molecule has 0 spiro atoms. The molecule has 0 aliphatic heterocycles. The Balaban J connectivity index is 1.08. The van der Waals surface area contributed by atoms with Gasteiger partial charge in [-0.1, -0.05) is 199 Å². The molecule has 398 valence electrons. The first-order valence-electron chi connectivity index (χ1n) is 28.7. The number of rotatable bonds is 40. The van der Waals surface area contributed by atoms with E-state index in [4.69, 9.17) is 18.9 Å². The molecule has 0 bridgehead atoms. The third kappa shape index (κ3) is 25.2. The third-order valence-electron chi connectivity index (χ3n) is 13.4. The summed E-state index contributed by atoms with van der Waals surface area (Å²) < 4.78 is 23.8. The van der Waals surface area contributed by atoms with E-state index in [9.17, 15) is 9.59 Å². The molecule has 5 aromatic carbocycles. The molecule has 0 radical (unpaired) electrons. The van der Waals surface area contributed by atoms with Gasteiger partial charge in [-0.25, -0.2) is 9.59 Å². The van der Waals surface area contributed by atoms with E-state index in [0.717, 1.165) is 31.4 Å². The lowest BCUT2D eigenvalue weighted by molar-refractivity contribution is 0.0732. The van der Waals surface area contributed by atoms with Gasteiger partial charge in [0.15, 0.2) is 0 Å². The van der Waals surface area contributed by atoms with Crippen molar-refractivity contribution < 1.29 is 28.5 Å². The SMILES string of the molecule is CCCCCCCCCCCCCCCCOc1ccc(C(=O)Oc2ccc(C=Nc3ccc(N=Nc4ccccc4)cc3)c(OC(=O)c3ccc(OCCCCCCCCCCCCCCCC)cc3)c2)cc1. The molecular formula is C65H87N3O6. The first-order chi connectivity index (χ1) is 36.5. The molecule has 0 heterocycles. The number of esters is 2. The van der Waals surface area contributed by atoms with E-state index in [1.807, 2.05) is 54.6 Å². The second-order valence-corrected chi connectivity index (χ2v) is 19.7. The number of carbonyl (C=O) groups excluding carboxylic acids is 2. The Bertz CT molecular complexity index is 2310. The molecule has 0 aliphatic carbocycles. The fourth-order valence-corrected chi connectivity index (χ4v) is 8.81. The van der Waals surface area contributed by atoms with Gasteiger partial charge in [-0.3, -0.25) is 4.99 Å². The number of benzene rings is 5. The average molecular weight is 1010 g/mol. The Morgan fingerprint density at radius 2 is 0.743 bits per heavy atom. The van der Waals surface area contributed by atoms with Crippen molar-refractivity contribution in [2.24, 2.45) is 15.2 Å². The van der Waals surface area contributed by atoms with E-state index < -0.39 is 11.9 Å². The fourth-order valence-electron chi connectivity index (χ4n) is 8.81. The molecule has 0 amide bonds. The van der Waals surface area contributed by atoms with Gasteiger partial charge in [0, 0.05) is 17.8 Å². The minimum absolute atomic E-state index is 0.183. The lowest BCUT2D eigenvalue weighted by atomic mass is 10.0. The first kappa shape index (κ1) is 58.8. The van der Waals surface area contributed by atoms with E-state index in [2.05, 4.69) is 29.1 Å². The van der Waals surface area contributed by atoms with Crippen LogP contribution >= 0.6 is 0 Å². The fraction of sp³-hybridized carbons (Fsp3) is 0.492. The predicted octanol–water partition coefficient (Wildman–Crippen LogP) is 20.0. The van der Waals surface area contributed by atoms with Crippen LogP contribution in [0.15, 0.2) is 137 Å². The summed E-state index contributed by atoms with van der Waals surface area (Å²) in [5.41, 5.74) is 3.34. The highest BCUT2D eigenvalue weighted by Crippen LogP contribution is 2.28. The van der Waals surface area contributed by atoms with Crippen molar-refractivity contribution in [3.8, 4) is 23.0 Å². The maximum atomic E-state index is 13.6. The number of unbranched alkanes of at least 4 members (excludes halogenated alkanes) is 26. The van der Waals surface area contributed by atoms with Gasteiger partial charge in [-0.15, -0.1) is 0 Å². The van der Waals surface area contributed by atoms with Crippen LogP contribution < -0.4 is 18.9 Å². The molecule has 0 atom stereocenters. The minimum Gasteiger partial charge on any atom is -0.494 e. The standard InChI is InChI=1S/C65H87N3O6/c1-3-5-7-9-11-13-15-17-19-21-23-25-27-32-50-71-60-45-36-54(37-46-60)64(69)73-62-49-40-56(53-66-57-41-43-59(44-42-57)68-67-58-34-30-29-31-35-58)63(52-62)74-65(70)55-38-47-61(48-39-55)72-51-33-28-26-24-22-20-18-16-14-12-10-8-6-4-2/h29-31,34-49,52-53H,3-28,32-33,50-51H2,1-2H3. The van der Waals surface area contributed by atoms with Gasteiger partial charge in [0.05, 0.1) is 41.4 Å². The maximum Gasteiger partial charge on any atom is 0.343 e. The number of nitrogens with zero attached hydrogens (tertiary/aromatic N) is 3. The summed E-state index contributed by atoms with van der Waals surface area (Å²) >= 11 is 0.